The third kappa shape index (κ3) is 5.02. The number of amides is 1. The molecular formula is C20H25N5O2S. The number of hydrogen-bond donors (Lipinski definition) is 1. The average Bonchev–Trinajstić information content (AvgIpc) is 3.42. The molecule has 28 heavy (non-hydrogen) atoms. The smallest absolute Gasteiger partial charge is 0.230 e. The summed E-state index contributed by atoms with van der Waals surface area (Å²) in [5.74, 6) is 1.09. The summed E-state index contributed by atoms with van der Waals surface area (Å²) in [6.45, 7) is 6.47. The van der Waals surface area contributed by atoms with E-state index in [0.717, 1.165) is 24.5 Å². The van der Waals surface area contributed by atoms with Gasteiger partial charge in [0.2, 0.25) is 5.91 Å². The molecule has 1 aromatic carbocycles. The summed E-state index contributed by atoms with van der Waals surface area (Å²) in [7, 11) is 0. The van der Waals surface area contributed by atoms with E-state index in [4.69, 9.17) is 4.42 Å². The number of rotatable bonds is 10. The molecule has 0 radical (unpaired) electrons. The molecule has 7 nitrogen and oxygen atoms in total. The molecule has 2 aromatic heterocycles. The summed E-state index contributed by atoms with van der Waals surface area (Å²) in [6, 6.07) is 13.7. The molecule has 0 bridgehead atoms. The molecule has 8 heteroatoms. The summed E-state index contributed by atoms with van der Waals surface area (Å²) >= 11 is 1.37. The zero-order valence-electron chi connectivity index (χ0n) is 16.1. The van der Waals surface area contributed by atoms with Gasteiger partial charge >= 0.3 is 0 Å². The van der Waals surface area contributed by atoms with Gasteiger partial charge in [0.25, 0.3) is 0 Å². The van der Waals surface area contributed by atoms with Crippen LogP contribution in [0.25, 0.3) is 5.69 Å². The number of carbonyl (C=O) groups excluding carboxylic acids is 1. The maximum Gasteiger partial charge on any atom is 0.230 e. The van der Waals surface area contributed by atoms with E-state index in [1.54, 1.807) is 12.6 Å². The number of furan rings is 1. The molecule has 2 heterocycles. The van der Waals surface area contributed by atoms with Gasteiger partial charge in [-0.15, -0.1) is 10.2 Å². The third-order valence-electron chi connectivity index (χ3n) is 4.50. The van der Waals surface area contributed by atoms with E-state index in [1.165, 1.54) is 11.8 Å². The SMILES string of the molecule is CCN(CC)C(CNC(=O)CSc1nncn1-c1ccccc1)c1ccco1. The fourth-order valence-electron chi connectivity index (χ4n) is 3.04. The molecule has 0 aliphatic heterocycles. The van der Waals surface area contributed by atoms with E-state index in [1.807, 2.05) is 47.0 Å². The number of benzene rings is 1. The number of aromatic nitrogens is 3. The fourth-order valence-corrected chi connectivity index (χ4v) is 3.79. The predicted molar refractivity (Wildman–Crippen MR) is 109 cm³/mol. The second-order valence-electron chi connectivity index (χ2n) is 6.16. The lowest BCUT2D eigenvalue weighted by Crippen LogP contribution is -2.38. The van der Waals surface area contributed by atoms with E-state index in [2.05, 4.69) is 34.3 Å². The molecule has 148 valence electrons. The van der Waals surface area contributed by atoms with Crippen molar-refractivity contribution in [3.63, 3.8) is 0 Å². The number of carbonyl (C=O) groups is 1. The molecule has 0 spiro atoms. The Kier molecular flexibility index (Phi) is 7.27. The van der Waals surface area contributed by atoms with E-state index < -0.39 is 0 Å². The summed E-state index contributed by atoms with van der Waals surface area (Å²) in [6.07, 6.45) is 3.32. The lowest BCUT2D eigenvalue weighted by atomic mass is 10.2. The van der Waals surface area contributed by atoms with Gasteiger partial charge in [0.05, 0.1) is 18.1 Å². The van der Waals surface area contributed by atoms with Crippen molar-refractivity contribution < 1.29 is 9.21 Å². The first-order chi connectivity index (χ1) is 13.7. The van der Waals surface area contributed by atoms with Gasteiger partial charge in [0, 0.05) is 12.2 Å². The lowest BCUT2D eigenvalue weighted by molar-refractivity contribution is -0.118. The molecular weight excluding hydrogens is 374 g/mol. The Morgan fingerprint density at radius 1 is 1.21 bits per heavy atom. The van der Waals surface area contributed by atoms with Gasteiger partial charge in [-0.2, -0.15) is 0 Å². The highest BCUT2D eigenvalue weighted by atomic mass is 32.2. The lowest BCUT2D eigenvalue weighted by Gasteiger charge is -2.28. The van der Waals surface area contributed by atoms with Crippen molar-refractivity contribution in [1.29, 1.82) is 0 Å². The highest BCUT2D eigenvalue weighted by Crippen LogP contribution is 2.21. The number of likely N-dealkylation sites (N-methyl/N-ethyl adjacent to an activating group) is 1. The Labute approximate surface area is 169 Å². The molecule has 1 amide bonds. The topological polar surface area (TPSA) is 76.2 Å². The number of hydrogen-bond acceptors (Lipinski definition) is 6. The van der Waals surface area contributed by atoms with Crippen molar-refractivity contribution in [1.82, 2.24) is 25.0 Å². The molecule has 3 aromatic rings. The van der Waals surface area contributed by atoms with Gasteiger partial charge in [-0.3, -0.25) is 14.3 Å². The van der Waals surface area contributed by atoms with Crippen molar-refractivity contribution in [2.24, 2.45) is 0 Å². The molecule has 0 aliphatic rings. The van der Waals surface area contributed by atoms with Crippen molar-refractivity contribution in [3.8, 4) is 5.69 Å². The number of para-hydroxylation sites is 1. The second-order valence-corrected chi connectivity index (χ2v) is 7.11. The molecule has 0 saturated carbocycles. The van der Waals surface area contributed by atoms with E-state index in [9.17, 15) is 4.79 Å². The van der Waals surface area contributed by atoms with E-state index in [-0.39, 0.29) is 17.7 Å². The Hall–Kier alpha value is -2.58. The van der Waals surface area contributed by atoms with Gasteiger partial charge in [-0.05, 0) is 37.4 Å². The number of nitrogens with zero attached hydrogens (tertiary/aromatic N) is 4. The van der Waals surface area contributed by atoms with Gasteiger partial charge in [-0.25, -0.2) is 0 Å². The minimum atomic E-state index is -0.0451. The molecule has 0 aliphatic carbocycles. The van der Waals surface area contributed by atoms with Crippen LogP contribution in [0.1, 0.15) is 25.6 Å². The van der Waals surface area contributed by atoms with Gasteiger partial charge in [0.15, 0.2) is 5.16 Å². The van der Waals surface area contributed by atoms with Crippen molar-refractivity contribution in [2.45, 2.75) is 25.0 Å². The summed E-state index contributed by atoms with van der Waals surface area (Å²) in [5.41, 5.74) is 0.967. The summed E-state index contributed by atoms with van der Waals surface area (Å²) in [5, 5.41) is 11.8. The van der Waals surface area contributed by atoms with Crippen LogP contribution in [0.3, 0.4) is 0 Å². The Morgan fingerprint density at radius 3 is 2.68 bits per heavy atom. The largest absolute Gasteiger partial charge is 0.468 e. The predicted octanol–water partition coefficient (Wildman–Crippen LogP) is 3.15. The summed E-state index contributed by atoms with van der Waals surface area (Å²) < 4.78 is 7.45. The molecule has 3 rings (SSSR count). The monoisotopic (exact) mass is 399 g/mol. The zero-order chi connectivity index (χ0) is 19.8. The van der Waals surface area contributed by atoms with E-state index >= 15 is 0 Å². The fraction of sp³-hybridized carbons (Fsp3) is 0.350. The first-order valence-corrected chi connectivity index (χ1v) is 10.3. The van der Waals surface area contributed by atoms with Crippen molar-refractivity contribution in [3.05, 3.63) is 60.8 Å². The number of nitrogens with one attached hydrogen (secondary N) is 1. The van der Waals surface area contributed by atoms with Crippen LogP contribution in [0.15, 0.2) is 64.6 Å². The van der Waals surface area contributed by atoms with Gasteiger partial charge in [0.1, 0.15) is 12.1 Å². The van der Waals surface area contributed by atoms with Crippen LogP contribution >= 0.6 is 11.8 Å². The zero-order valence-corrected chi connectivity index (χ0v) is 16.9. The van der Waals surface area contributed by atoms with Crippen molar-refractivity contribution >= 4 is 17.7 Å². The maximum atomic E-state index is 12.4. The third-order valence-corrected chi connectivity index (χ3v) is 5.44. The van der Waals surface area contributed by atoms with Gasteiger partial charge < -0.3 is 9.73 Å². The highest BCUT2D eigenvalue weighted by Gasteiger charge is 2.21. The minimum Gasteiger partial charge on any atom is -0.468 e. The van der Waals surface area contributed by atoms with Crippen LogP contribution < -0.4 is 5.32 Å². The normalized spacial score (nSPS) is 12.2. The highest BCUT2D eigenvalue weighted by molar-refractivity contribution is 7.99. The first kappa shape index (κ1) is 20.2. The molecule has 0 fully saturated rings. The van der Waals surface area contributed by atoms with Crippen LogP contribution in [0.4, 0.5) is 0 Å². The average molecular weight is 400 g/mol. The molecule has 0 saturated heterocycles. The van der Waals surface area contributed by atoms with Gasteiger partial charge in [-0.1, -0.05) is 43.8 Å². The Morgan fingerprint density at radius 2 is 2.00 bits per heavy atom. The number of thioether (sulfide) groups is 1. The molecule has 1 unspecified atom stereocenters. The van der Waals surface area contributed by atoms with E-state index in [0.29, 0.717) is 11.7 Å². The van der Waals surface area contributed by atoms with Crippen LogP contribution in [0.5, 0.6) is 0 Å². The maximum absolute atomic E-state index is 12.4. The quantitative estimate of drug-likeness (QED) is 0.528. The summed E-state index contributed by atoms with van der Waals surface area (Å²) in [4.78, 5) is 14.7. The van der Waals surface area contributed by atoms with Crippen LogP contribution in [-0.2, 0) is 4.79 Å². The van der Waals surface area contributed by atoms with Crippen LogP contribution in [0, 0.1) is 0 Å². The second kappa shape index (κ2) is 10.1. The van der Waals surface area contributed by atoms with Crippen molar-refractivity contribution in [2.75, 3.05) is 25.4 Å². The molecule has 1 N–H and O–H groups in total. The standard InChI is InChI=1S/C20H25N5O2S/c1-3-24(4-2)17(18-11-8-12-27-18)13-21-19(26)14-28-20-23-22-15-25(20)16-9-6-5-7-10-16/h5-12,15,17H,3-4,13-14H2,1-2H3,(H,21,26). The Balaban J connectivity index is 1.57. The van der Waals surface area contributed by atoms with Crippen LogP contribution in [0.2, 0.25) is 0 Å². The van der Waals surface area contributed by atoms with Crippen LogP contribution in [-0.4, -0.2) is 51.0 Å². The minimum absolute atomic E-state index is 0.0203. The Bertz CT molecular complexity index is 847. The molecule has 1 atom stereocenters. The first-order valence-electron chi connectivity index (χ1n) is 9.35.